The first-order valence-electron chi connectivity index (χ1n) is 8.41. The smallest absolute Gasteiger partial charge is 0.336 e. The highest BCUT2D eigenvalue weighted by molar-refractivity contribution is 5.81. The summed E-state index contributed by atoms with van der Waals surface area (Å²) in [5.41, 5.74) is 1.84. The first-order valence-corrected chi connectivity index (χ1v) is 8.41. The molecule has 5 nitrogen and oxygen atoms in total. The maximum absolute atomic E-state index is 12.2. The number of carbonyl (C=O) groups is 1. The van der Waals surface area contributed by atoms with E-state index in [0.717, 1.165) is 29.6 Å². The van der Waals surface area contributed by atoms with Gasteiger partial charge >= 0.3 is 11.6 Å². The molecule has 0 radical (unpaired) electrons. The van der Waals surface area contributed by atoms with Crippen LogP contribution >= 0.6 is 0 Å². The molecule has 1 aromatic carbocycles. The van der Waals surface area contributed by atoms with E-state index in [1.165, 1.54) is 6.07 Å². The number of aryl methyl sites for hydroxylation is 1. The lowest BCUT2D eigenvalue weighted by molar-refractivity contribution is -0.146. The molecule has 0 saturated heterocycles. The Bertz CT molecular complexity index is 967. The first kappa shape index (κ1) is 15.7. The Morgan fingerprint density at radius 1 is 1.28 bits per heavy atom. The molecule has 1 saturated carbocycles. The Kier molecular flexibility index (Phi) is 3.92. The molecule has 0 unspecified atom stereocenters. The van der Waals surface area contributed by atoms with Crippen molar-refractivity contribution in [2.24, 2.45) is 5.92 Å². The summed E-state index contributed by atoms with van der Waals surface area (Å²) in [5, 5.41) is 0.794. The van der Waals surface area contributed by atoms with Crippen molar-refractivity contribution in [2.75, 3.05) is 0 Å². The van der Waals surface area contributed by atoms with E-state index in [1.54, 1.807) is 6.26 Å². The second-order valence-corrected chi connectivity index (χ2v) is 6.35. The van der Waals surface area contributed by atoms with Crippen LogP contribution in [0.3, 0.4) is 0 Å². The number of rotatable bonds is 5. The minimum Gasteiger partial charge on any atom is -0.469 e. The molecule has 2 heterocycles. The SMILES string of the molecule is CCc1ccc2c(COC(=O)[C@@H]3C[C@H]3c3ccco3)cc(=O)oc2c1. The van der Waals surface area contributed by atoms with Crippen LogP contribution in [0.25, 0.3) is 11.0 Å². The van der Waals surface area contributed by atoms with Crippen LogP contribution in [0.1, 0.15) is 36.1 Å². The average molecular weight is 338 g/mol. The fourth-order valence-corrected chi connectivity index (χ4v) is 3.14. The summed E-state index contributed by atoms with van der Waals surface area (Å²) >= 11 is 0. The highest BCUT2D eigenvalue weighted by Crippen LogP contribution is 2.48. The lowest BCUT2D eigenvalue weighted by atomic mass is 10.1. The van der Waals surface area contributed by atoms with Crippen LogP contribution in [0, 0.1) is 5.92 Å². The minimum absolute atomic E-state index is 0.0633. The summed E-state index contributed by atoms with van der Waals surface area (Å²) in [5.74, 6) is 0.504. The fourth-order valence-electron chi connectivity index (χ4n) is 3.14. The number of carbonyl (C=O) groups excluding carboxylic acids is 1. The third-order valence-corrected chi connectivity index (χ3v) is 4.67. The van der Waals surface area contributed by atoms with Gasteiger partial charge in [-0.1, -0.05) is 19.1 Å². The molecule has 0 bridgehead atoms. The lowest BCUT2D eigenvalue weighted by Gasteiger charge is -2.08. The summed E-state index contributed by atoms with van der Waals surface area (Å²) in [6.45, 7) is 2.10. The van der Waals surface area contributed by atoms with Gasteiger partial charge < -0.3 is 13.6 Å². The molecule has 3 aromatic rings. The number of benzene rings is 1. The van der Waals surface area contributed by atoms with E-state index in [9.17, 15) is 9.59 Å². The normalized spacial score (nSPS) is 19.1. The number of ether oxygens (including phenoxy) is 1. The highest BCUT2D eigenvalue weighted by atomic mass is 16.5. The monoisotopic (exact) mass is 338 g/mol. The van der Waals surface area contributed by atoms with Crippen LogP contribution in [-0.2, 0) is 22.6 Å². The molecular weight excluding hydrogens is 320 g/mol. The molecule has 128 valence electrons. The van der Waals surface area contributed by atoms with Crippen LogP contribution in [0.4, 0.5) is 0 Å². The molecule has 0 N–H and O–H groups in total. The molecule has 1 fully saturated rings. The van der Waals surface area contributed by atoms with Crippen molar-refractivity contribution in [1.29, 1.82) is 0 Å². The Morgan fingerprint density at radius 3 is 2.92 bits per heavy atom. The average Bonchev–Trinajstić information content (AvgIpc) is 3.23. The highest BCUT2D eigenvalue weighted by Gasteiger charge is 2.47. The summed E-state index contributed by atoms with van der Waals surface area (Å²) in [7, 11) is 0. The van der Waals surface area contributed by atoms with Gasteiger partial charge in [0.25, 0.3) is 0 Å². The molecule has 5 heteroatoms. The molecule has 25 heavy (non-hydrogen) atoms. The lowest BCUT2D eigenvalue weighted by Crippen LogP contribution is -2.10. The zero-order valence-electron chi connectivity index (χ0n) is 13.9. The molecule has 0 amide bonds. The molecule has 4 rings (SSSR count). The second-order valence-electron chi connectivity index (χ2n) is 6.35. The van der Waals surface area contributed by atoms with Gasteiger partial charge in [-0.05, 0) is 36.6 Å². The number of hydrogen-bond donors (Lipinski definition) is 0. The molecule has 1 aliphatic carbocycles. The van der Waals surface area contributed by atoms with E-state index in [4.69, 9.17) is 13.6 Å². The third-order valence-electron chi connectivity index (χ3n) is 4.67. The van der Waals surface area contributed by atoms with Crippen LogP contribution < -0.4 is 5.63 Å². The van der Waals surface area contributed by atoms with Crippen molar-refractivity contribution in [1.82, 2.24) is 0 Å². The molecular formula is C20H18O5. The number of fused-ring (bicyclic) bond motifs is 1. The van der Waals surface area contributed by atoms with Gasteiger partial charge in [0.05, 0.1) is 12.2 Å². The van der Waals surface area contributed by atoms with E-state index in [1.807, 2.05) is 37.3 Å². The summed E-state index contributed by atoms with van der Waals surface area (Å²) in [4.78, 5) is 24.0. The maximum atomic E-state index is 12.2. The van der Waals surface area contributed by atoms with Gasteiger partial charge in [-0.3, -0.25) is 4.79 Å². The number of furan rings is 1. The molecule has 2 aromatic heterocycles. The third kappa shape index (κ3) is 3.09. The summed E-state index contributed by atoms with van der Waals surface area (Å²) < 4.78 is 16.0. The fraction of sp³-hybridized carbons (Fsp3) is 0.300. The predicted molar refractivity (Wildman–Crippen MR) is 91.2 cm³/mol. The van der Waals surface area contributed by atoms with Gasteiger partial charge in [-0.25, -0.2) is 4.79 Å². The van der Waals surface area contributed by atoms with Crippen LogP contribution in [0.15, 0.2) is 56.3 Å². The predicted octanol–water partition coefficient (Wildman–Crippen LogP) is 3.80. The summed E-state index contributed by atoms with van der Waals surface area (Å²) in [6, 6.07) is 10.8. The number of hydrogen-bond acceptors (Lipinski definition) is 5. The molecule has 1 aliphatic rings. The topological polar surface area (TPSA) is 69.7 Å². The molecule has 2 atom stereocenters. The quantitative estimate of drug-likeness (QED) is 0.523. The standard InChI is InChI=1S/C20H18O5/c1-2-12-5-6-14-13(9-19(21)25-18(14)8-12)11-24-20(22)16-10-15(16)17-4-3-7-23-17/h3-9,15-16H,2,10-11H2,1H3/t15-,16-/m1/s1. The van der Waals surface area contributed by atoms with Gasteiger partial charge in [-0.15, -0.1) is 0 Å². The van der Waals surface area contributed by atoms with Crippen molar-refractivity contribution in [3.8, 4) is 0 Å². The van der Waals surface area contributed by atoms with Crippen molar-refractivity contribution >= 4 is 16.9 Å². The van der Waals surface area contributed by atoms with E-state index in [0.29, 0.717) is 11.1 Å². The van der Waals surface area contributed by atoms with E-state index < -0.39 is 5.63 Å². The van der Waals surface area contributed by atoms with Crippen LogP contribution in [-0.4, -0.2) is 5.97 Å². The second kappa shape index (κ2) is 6.24. The molecule has 0 spiro atoms. The van der Waals surface area contributed by atoms with Crippen LogP contribution in [0.2, 0.25) is 0 Å². The van der Waals surface area contributed by atoms with E-state index in [2.05, 4.69) is 0 Å². The van der Waals surface area contributed by atoms with E-state index in [-0.39, 0.29) is 24.4 Å². The van der Waals surface area contributed by atoms with Gasteiger partial charge in [-0.2, -0.15) is 0 Å². The Hall–Kier alpha value is -2.82. The Balaban J connectivity index is 1.49. The zero-order valence-corrected chi connectivity index (χ0v) is 13.9. The van der Waals surface area contributed by atoms with Gasteiger partial charge in [0, 0.05) is 22.9 Å². The van der Waals surface area contributed by atoms with Gasteiger partial charge in [0.2, 0.25) is 0 Å². The van der Waals surface area contributed by atoms with Gasteiger partial charge in [0.1, 0.15) is 18.0 Å². The van der Waals surface area contributed by atoms with Crippen molar-refractivity contribution in [2.45, 2.75) is 32.3 Å². The first-order chi connectivity index (χ1) is 12.2. The Labute approximate surface area is 144 Å². The van der Waals surface area contributed by atoms with Crippen LogP contribution in [0.5, 0.6) is 0 Å². The largest absolute Gasteiger partial charge is 0.469 e. The Morgan fingerprint density at radius 2 is 2.16 bits per heavy atom. The van der Waals surface area contributed by atoms with E-state index >= 15 is 0 Å². The number of esters is 1. The van der Waals surface area contributed by atoms with Crippen molar-refractivity contribution < 1.29 is 18.4 Å². The summed E-state index contributed by atoms with van der Waals surface area (Å²) in [6.07, 6.45) is 3.20. The zero-order chi connectivity index (χ0) is 17.4. The van der Waals surface area contributed by atoms with Crippen molar-refractivity contribution in [3.05, 3.63) is 70.0 Å². The maximum Gasteiger partial charge on any atom is 0.336 e. The van der Waals surface area contributed by atoms with Gasteiger partial charge in [0.15, 0.2) is 0 Å². The molecule has 0 aliphatic heterocycles. The van der Waals surface area contributed by atoms with Crippen molar-refractivity contribution in [3.63, 3.8) is 0 Å². The minimum atomic E-state index is -0.438.